The lowest BCUT2D eigenvalue weighted by Gasteiger charge is -2.30. The highest BCUT2D eigenvalue weighted by Crippen LogP contribution is 2.41. The van der Waals surface area contributed by atoms with E-state index in [2.05, 4.69) is 4.74 Å². The molecular weight excluding hydrogens is 316 g/mol. The summed E-state index contributed by atoms with van der Waals surface area (Å²) in [5.41, 5.74) is 0.752. The summed E-state index contributed by atoms with van der Waals surface area (Å²) >= 11 is 0. The van der Waals surface area contributed by atoms with E-state index < -0.39 is 45.0 Å². The number of esters is 1. The molecule has 0 saturated carbocycles. The summed E-state index contributed by atoms with van der Waals surface area (Å²) in [4.78, 5) is 8.06. The molecular formula is C13H14O8S. The zero-order chi connectivity index (χ0) is 16.7. The second kappa shape index (κ2) is 5.27. The molecule has 2 atom stereocenters. The number of carbonyl (C=O) groups is 1. The Morgan fingerprint density at radius 1 is 1.23 bits per heavy atom. The number of sulfone groups is 1. The van der Waals surface area contributed by atoms with Crippen molar-refractivity contribution in [2.45, 2.75) is 22.9 Å². The van der Waals surface area contributed by atoms with E-state index in [4.69, 9.17) is 5.11 Å². The molecule has 0 bridgehead atoms. The van der Waals surface area contributed by atoms with Gasteiger partial charge in [0.2, 0.25) is 21.4 Å². The van der Waals surface area contributed by atoms with Crippen molar-refractivity contribution in [1.29, 1.82) is 0 Å². The van der Waals surface area contributed by atoms with Crippen LogP contribution < -0.4 is 0 Å². The molecule has 0 aromatic heterocycles. The highest BCUT2D eigenvalue weighted by molar-refractivity contribution is 7.93. The normalized spacial score (nSPS) is 23.5. The van der Waals surface area contributed by atoms with Crippen LogP contribution in [-0.4, -0.2) is 52.5 Å². The van der Waals surface area contributed by atoms with Gasteiger partial charge in [0, 0.05) is 0 Å². The molecule has 1 aliphatic heterocycles. The van der Waals surface area contributed by atoms with Gasteiger partial charge in [0.05, 0.1) is 11.5 Å². The maximum Gasteiger partial charge on any atom is 0.379 e. The Morgan fingerprint density at radius 3 is 2.18 bits per heavy atom. The first kappa shape index (κ1) is 16.3. The van der Waals surface area contributed by atoms with Crippen LogP contribution in [0.2, 0.25) is 0 Å². The first-order chi connectivity index (χ1) is 10.2. The van der Waals surface area contributed by atoms with Crippen LogP contribution in [0.3, 0.4) is 0 Å². The van der Waals surface area contributed by atoms with Gasteiger partial charge in [0.1, 0.15) is 6.10 Å². The third kappa shape index (κ3) is 2.05. The Bertz CT molecular complexity index is 734. The van der Waals surface area contributed by atoms with Crippen LogP contribution >= 0.6 is 0 Å². The fraction of sp³-hybridized carbons (Fsp3) is 0.308. The van der Waals surface area contributed by atoms with Gasteiger partial charge in [0.15, 0.2) is 0 Å². The number of hydrogen-bond acceptors (Lipinski definition) is 8. The zero-order valence-corrected chi connectivity index (χ0v) is 12.2. The molecule has 0 aliphatic carbocycles. The first-order valence-electron chi connectivity index (χ1n) is 6.14. The Balaban J connectivity index is 2.71. The second-order valence-electron chi connectivity index (χ2n) is 4.77. The minimum absolute atomic E-state index is 0.361. The molecule has 0 spiro atoms. The summed E-state index contributed by atoms with van der Waals surface area (Å²) in [6.45, 7) is 0.587. The van der Waals surface area contributed by atoms with Crippen LogP contribution in [0.1, 0.15) is 5.56 Å². The van der Waals surface area contributed by atoms with Gasteiger partial charge < -0.3 is 25.2 Å². The largest absolute Gasteiger partial charge is 0.504 e. The van der Waals surface area contributed by atoms with Crippen molar-refractivity contribution in [3.63, 3.8) is 0 Å². The average molecular weight is 330 g/mol. The number of carbonyl (C=O) groups excluding carboxylic acids is 1. The number of ether oxygens (including phenoxy) is 1. The van der Waals surface area contributed by atoms with E-state index in [1.165, 1.54) is 24.3 Å². The quantitative estimate of drug-likeness (QED) is 0.551. The smallest absolute Gasteiger partial charge is 0.379 e. The van der Waals surface area contributed by atoms with Gasteiger partial charge in [0.25, 0.3) is 0 Å². The predicted octanol–water partition coefficient (Wildman–Crippen LogP) is -0.297. The number of rotatable bonds is 4. The third-order valence-corrected chi connectivity index (χ3v) is 5.57. The molecule has 4 N–H and O–H groups in total. The van der Waals surface area contributed by atoms with E-state index in [1.807, 2.05) is 0 Å². The van der Waals surface area contributed by atoms with Crippen molar-refractivity contribution in [2.75, 3.05) is 6.61 Å². The molecule has 2 rings (SSSR count). The molecule has 0 radical (unpaired) electrons. The number of aliphatic hydroxyl groups excluding tert-OH is 4. The van der Waals surface area contributed by atoms with Gasteiger partial charge >= 0.3 is 10.9 Å². The molecule has 120 valence electrons. The predicted molar refractivity (Wildman–Crippen MR) is 72.6 cm³/mol. The van der Waals surface area contributed by atoms with Crippen molar-refractivity contribution in [3.8, 4) is 0 Å². The highest BCUT2D eigenvalue weighted by atomic mass is 32.2. The van der Waals surface area contributed by atoms with Gasteiger partial charge in [-0.1, -0.05) is 17.7 Å². The SMILES string of the molecule is Cc1ccc(S(=O)(=O)[C@]2([C@@H](O)CO)OC(=O)C(O)=C2O)cc1. The molecule has 8 nitrogen and oxygen atoms in total. The molecule has 1 aromatic carbocycles. The summed E-state index contributed by atoms with van der Waals surface area (Å²) in [5.74, 6) is -4.21. The van der Waals surface area contributed by atoms with E-state index in [9.17, 15) is 28.5 Å². The number of cyclic esters (lactones) is 1. The molecule has 9 heteroatoms. The van der Waals surface area contributed by atoms with Crippen LogP contribution in [0.25, 0.3) is 0 Å². The summed E-state index contributed by atoms with van der Waals surface area (Å²) in [7, 11) is -4.66. The van der Waals surface area contributed by atoms with Crippen LogP contribution in [0.15, 0.2) is 40.7 Å². The fourth-order valence-electron chi connectivity index (χ4n) is 2.10. The van der Waals surface area contributed by atoms with Crippen LogP contribution in [-0.2, 0) is 19.4 Å². The van der Waals surface area contributed by atoms with Gasteiger partial charge in [-0.15, -0.1) is 0 Å². The minimum Gasteiger partial charge on any atom is -0.504 e. The Labute approximate surface area is 125 Å². The van der Waals surface area contributed by atoms with E-state index >= 15 is 0 Å². The molecule has 1 aliphatic rings. The number of aryl methyl sites for hydroxylation is 1. The second-order valence-corrected chi connectivity index (χ2v) is 6.85. The number of hydrogen-bond donors (Lipinski definition) is 4. The topological polar surface area (TPSA) is 141 Å². The van der Waals surface area contributed by atoms with Crippen molar-refractivity contribution >= 4 is 15.8 Å². The maximum atomic E-state index is 12.7. The molecule has 1 heterocycles. The molecule has 0 fully saturated rings. The lowest BCUT2D eigenvalue weighted by atomic mass is 10.1. The van der Waals surface area contributed by atoms with Gasteiger partial charge in [-0.05, 0) is 19.1 Å². The summed E-state index contributed by atoms with van der Waals surface area (Å²) in [5, 5.41) is 38.2. The summed E-state index contributed by atoms with van der Waals surface area (Å²) < 4.78 is 30.0. The molecule has 0 saturated heterocycles. The number of benzene rings is 1. The third-order valence-electron chi connectivity index (χ3n) is 3.33. The number of aliphatic hydroxyl groups is 4. The zero-order valence-electron chi connectivity index (χ0n) is 11.4. The maximum absolute atomic E-state index is 12.7. The fourth-order valence-corrected chi connectivity index (χ4v) is 3.91. The molecule has 1 aromatic rings. The first-order valence-corrected chi connectivity index (χ1v) is 7.63. The van der Waals surface area contributed by atoms with E-state index in [1.54, 1.807) is 6.92 Å². The van der Waals surface area contributed by atoms with Gasteiger partial charge in [-0.2, -0.15) is 0 Å². The van der Waals surface area contributed by atoms with Gasteiger partial charge in [-0.25, -0.2) is 13.2 Å². The van der Waals surface area contributed by atoms with Gasteiger partial charge in [-0.3, -0.25) is 0 Å². The van der Waals surface area contributed by atoms with Crippen molar-refractivity contribution < 1.29 is 38.4 Å². The van der Waals surface area contributed by atoms with Crippen molar-refractivity contribution in [1.82, 2.24) is 0 Å². The summed E-state index contributed by atoms with van der Waals surface area (Å²) in [6.07, 6.45) is -2.19. The highest BCUT2D eigenvalue weighted by Gasteiger charge is 2.63. The lowest BCUT2D eigenvalue weighted by molar-refractivity contribution is -0.152. The standard InChI is InChI=1S/C13H14O8S/c1-7-2-4-8(5-3-7)22(19,20)13(9(15)6-14)11(17)10(16)12(18)21-13/h2-5,9,14-17H,6H2,1H3/t9-,13-/m0/s1. The summed E-state index contributed by atoms with van der Waals surface area (Å²) in [6, 6.07) is 5.30. The van der Waals surface area contributed by atoms with Crippen LogP contribution in [0.5, 0.6) is 0 Å². The molecule has 0 unspecified atom stereocenters. The van der Waals surface area contributed by atoms with Crippen molar-refractivity contribution in [2.24, 2.45) is 0 Å². The Kier molecular flexibility index (Phi) is 3.90. The van der Waals surface area contributed by atoms with E-state index in [0.717, 1.165) is 5.56 Å². The van der Waals surface area contributed by atoms with Crippen LogP contribution in [0, 0.1) is 6.92 Å². The van der Waals surface area contributed by atoms with Crippen LogP contribution in [0.4, 0.5) is 0 Å². The van der Waals surface area contributed by atoms with E-state index in [0.29, 0.717) is 0 Å². The average Bonchev–Trinajstić information content (AvgIpc) is 2.72. The molecule has 22 heavy (non-hydrogen) atoms. The van der Waals surface area contributed by atoms with E-state index in [-0.39, 0.29) is 4.90 Å². The molecule has 0 amide bonds. The lowest BCUT2D eigenvalue weighted by Crippen LogP contribution is -2.53. The Hall–Kier alpha value is -2.10. The van der Waals surface area contributed by atoms with Crippen molar-refractivity contribution in [3.05, 3.63) is 41.3 Å². The minimum atomic E-state index is -4.66. The Morgan fingerprint density at radius 2 is 1.77 bits per heavy atom. The monoisotopic (exact) mass is 330 g/mol.